The van der Waals surface area contributed by atoms with Crippen LogP contribution >= 0.6 is 0 Å². The highest BCUT2D eigenvalue weighted by Crippen LogP contribution is 2.19. The molecule has 1 unspecified atom stereocenters. The van der Waals surface area contributed by atoms with E-state index in [1.807, 2.05) is 12.1 Å². The van der Waals surface area contributed by atoms with E-state index in [2.05, 4.69) is 33.9 Å². The molecular weight excluding hydrogens is 286 g/mol. The van der Waals surface area contributed by atoms with E-state index in [9.17, 15) is 0 Å². The minimum absolute atomic E-state index is 0.134. The molecule has 4 nitrogen and oxygen atoms in total. The van der Waals surface area contributed by atoms with Crippen LogP contribution < -0.4 is 0 Å². The van der Waals surface area contributed by atoms with Crippen LogP contribution in [0.4, 0.5) is 0 Å². The van der Waals surface area contributed by atoms with Gasteiger partial charge in [0.25, 0.3) is 0 Å². The van der Waals surface area contributed by atoms with Crippen LogP contribution in [0, 0.1) is 0 Å². The fraction of sp³-hybridized carbons (Fsp3) is 0.684. The van der Waals surface area contributed by atoms with Crippen molar-refractivity contribution < 1.29 is 5.11 Å². The summed E-state index contributed by atoms with van der Waals surface area (Å²) in [5.41, 5.74) is 2.36. The van der Waals surface area contributed by atoms with Gasteiger partial charge in [-0.05, 0) is 37.6 Å². The Bertz CT molecular complexity index is 468. The summed E-state index contributed by atoms with van der Waals surface area (Å²) in [7, 11) is 2.23. The molecular formula is C19H31N3O. The largest absolute Gasteiger partial charge is 0.392 e. The van der Waals surface area contributed by atoms with E-state index in [0.29, 0.717) is 0 Å². The van der Waals surface area contributed by atoms with Crippen LogP contribution in [0.15, 0.2) is 24.3 Å². The van der Waals surface area contributed by atoms with Gasteiger partial charge in [-0.1, -0.05) is 30.7 Å². The average molecular weight is 317 g/mol. The van der Waals surface area contributed by atoms with E-state index in [1.54, 1.807) is 0 Å². The van der Waals surface area contributed by atoms with Gasteiger partial charge in [-0.15, -0.1) is 0 Å². The second-order valence-corrected chi connectivity index (χ2v) is 7.20. The Labute approximate surface area is 140 Å². The van der Waals surface area contributed by atoms with Crippen molar-refractivity contribution in [1.82, 2.24) is 14.7 Å². The Kier molecular flexibility index (Phi) is 6.06. The maximum absolute atomic E-state index is 9.17. The predicted octanol–water partition coefficient (Wildman–Crippen LogP) is 1.78. The molecule has 0 amide bonds. The number of piperazine rings is 1. The zero-order chi connectivity index (χ0) is 16.1. The van der Waals surface area contributed by atoms with Gasteiger partial charge in [0.15, 0.2) is 0 Å². The number of hydrogen-bond donors (Lipinski definition) is 1. The summed E-state index contributed by atoms with van der Waals surface area (Å²) in [5.74, 6) is 0. The third-order valence-corrected chi connectivity index (χ3v) is 5.40. The van der Waals surface area contributed by atoms with E-state index in [-0.39, 0.29) is 6.61 Å². The van der Waals surface area contributed by atoms with Gasteiger partial charge in [0.05, 0.1) is 6.61 Å². The van der Waals surface area contributed by atoms with Crippen molar-refractivity contribution in [2.75, 3.05) is 46.3 Å². The molecule has 2 aliphatic rings. The highest BCUT2D eigenvalue weighted by atomic mass is 16.3. The normalized spacial score (nSPS) is 25.4. The van der Waals surface area contributed by atoms with E-state index < -0.39 is 0 Å². The SMILES string of the molecule is CN1CCN(C2CCCCN(Cc3ccc(CO)cc3)C2)CC1. The van der Waals surface area contributed by atoms with Crippen molar-refractivity contribution in [1.29, 1.82) is 0 Å². The Balaban J connectivity index is 1.58. The Morgan fingerprint density at radius 2 is 1.65 bits per heavy atom. The molecule has 1 aromatic rings. The van der Waals surface area contributed by atoms with Crippen LogP contribution in [0.3, 0.4) is 0 Å². The minimum Gasteiger partial charge on any atom is -0.392 e. The fourth-order valence-corrected chi connectivity index (χ4v) is 3.83. The third-order valence-electron chi connectivity index (χ3n) is 5.40. The maximum atomic E-state index is 9.17. The van der Waals surface area contributed by atoms with Crippen LogP contribution in [0.25, 0.3) is 0 Å². The number of aliphatic hydroxyl groups excluding tert-OH is 1. The van der Waals surface area contributed by atoms with Crippen molar-refractivity contribution in [2.45, 2.75) is 38.5 Å². The number of likely N-dealkylation sites (tertiary alicyclic amines) is 1. The number of likely N-dealkylation sites (N-methyl/N-ethyl adjacent to an activating group) is 1. The third kappa shape index (κ3) is 4.77. The van der Waals surface area contributed by atoms with Gasteiger partial charge in [0.1, 0.15) is 0 Å². The van der Waals surface area contributed by atoms with Crippen molar-refractivity contribution in [3.8, 4) is 0 Å². The first-order valence-electron chi connectivity index (χ1n) is 9.08. The number of benzene rings is 1. The van der Waals surface area contributed by atoms with Crippen LogP contribution in [0.2, 0.25) is 0 Å². The van der Waals surface area contributed by atoms with E-state index in [1.165, 1.54) is 64.1 Å². The lowest BCUT2D eigenvalue weighted by molar-refractivity contribution is 0.0874. The van der Waals surface area contributed by atoms with Gasteiger partial charge in [-0.3, -0.25) is 9.80 Å². The topological polar surface area (TPSA) is 30.0 Å². The second kappa shape index (κ2) is 8.25. The summed E-state index contributed by atoms with van der Waals surface area (Å²) < 4.78 is 0. The van der Waals surface area contributed by atoms with Crippen LogP contribution in [0.1, 0.15) is 30.4 Å². The molecule has 0 spiro atoms. The molecule has 0 saturated carbocycles. The van der Waals surface area contributed by atoms with Gasteiger partial charge < -0.3 is 10.0 Å². The molecule has 1 atom stereocenters. The summed E-state index contributed by atoms with van der Waals surface area (Å²) in [5, 5.41) is 9.17. The first kappa shape index (κ1) is 16.9. The van der Waals surface area contributed by atoms with Crippen LogP contribution in [-0.4, -0.2) is 72.2 Å². The van der Waals surface area contributed by atoms with E-state index in [4.69, 9.17) is 5.11 Å². The van der Waals surface area contributed by atoms with Crippen LogP contribution in [-0.2, 0) is 13.2 Å². The van der Waals surface area contributed by atoms with Gasteiger partial charge in [0.2, 0.25) is 0 Å². The Hall–Kier alpha value is -0.940. The van der Waals surface area contributed by atoms with Crippen molar-refractivity contribution >= 4 is 0 Å². The summed E-state index contributed by atoms with van der Waals surface area (Å²) in [6, 6.07) is 9.15. The molecule has 2 heterocycles. The fourth-order valence-electron chi connectivity index (χ4n) is 3.83. The lowest BCUT2D eigenvalue weighted by Gasteiger charge is -2.39. The quantitative estimate of drug-likeness (QED) is 0.917. The lowest BCUT2D eigenvalue weighted by Crippen LogP contribution is -2.51. The molecule has 0 bridgehead atoms. The Morgan fingerprint density at radius 1 is 0.957 bits per heavy atom. The van der Waals surface area contributed by atoms with E-state index in [0.717, 1.165) is 18.2 Å². The summed E-state index contributed by atoms with van der Waals surface area (Å²) in [6.45, 7) is 8.45. The molecule has 1 N–H and O–H groups in total. The maximum Gasteiger partial charge on any atom is 0.0681 e. The zero-order valence-electron chi connectivity index (χ0n) is 14.5. The summed E-state index contributed by atoms with van der Waals surface area (Å²) in [4.78, 5) is 7.78. The van der Waals surface area contributed by atoms with Crippen molar-refractivity contribution in [3.63, 3.8) is 0 Å². The number of aliphatic hydroxyl groups is 1. The molecule has 2 aliphatic heterocycles. The smallest absolute Gasteiger partial charge is 0.0681 e. The highest BCUT2D eigenvalue weighted by molar-refractivity contribution is 5.21. The molecule has 0 aliphatic carbocycles. The molecule has 23 heavy (non-hydrogen) atoms. The van der Waals surface area contributed by atoms with Crippen molar-refractivity contribution in [3.05, 3.63) is 35.4 Å². The molecule has 4 heteroatoms. The minimum atomic E-state index is 0.134. The molecule has 0 radical (unpaired) electrons. The second-order valence-electron chi connectivity index (χ2n) is 7.20. The van der Waals surface area contributed by atoms with Crippen LogP contribution in [0.5, 0.6) is 0 Å². The van der Waals surface area contributed by atoms with Gasteiger partial charge >= 0.3 is 0 Å². The molecule has 128 valence electrons. The lowest BCUT2D eigenvalue weighted by atomic mass is 10.1. The summed E-state index contributed by atoms with van der Waals surface area (Å²) in [6.07, 6.45) is 4.03. The van der Waals surface area contributed by atoms with Gasteiger partial charge in [-0.2, -0.15) is 0 Å². The number of hydrogen-bond acceptors (Lipinski definition) is 4. The molecule has 2 saturated heterocycles. The van der Waals surface area contributed by atoms with Crippen molar-refractivity contribution in [2.24, 2.45) is 0 Å². The first-order valence-corrected chi connectivity index (χ1v) is 9.08. The van der Waals surface area contributed by atoms with E-state index >= 15 is 0 Å². The molecule has 1 aromatic carbocycles. The molecule has 0 aromatic heterocycles. The van der Waals surface area contributed by atoms with Gasteiger partial charge in [0, 0.05) is 45.3 Å². The highest BCUT2D eigenvalue weighted by Gasteiger charge is 2.26. The molecule has 3 rings (SSSR count). The predicted molar refractivity (Wildman–Crippen MR) is 94.4 cm³/mol. The molecule has 2 fully saturated rings. The zero-order valence-corrected chi connectivity index (χ0v) is 14.5. The Morgan fingerprint density at radius 3 is 2.35 bits per heavy atom. The first-order chi connectivity index (χ1) is 11.2. The monoisotopic (exact) mass is 317 g/mol. The summed E-state index contributed by atoms with van der Waals surface area (Å²) >= 11 is 0. The number of rotatable bonds is 4. The van der Waals surface area contributed by atoms with Gasteiger partial charge in [-0.25, -0.2) is 0 Å². The standard InChI is InChI=1S/C19H31N3O/c1-20-10-12-22(13-11-20)19-4-2-3-9-21(15-19)14-17-5-7-18(16-23)8-6-17/h5-8,19,23H,2-4,9-16H2,1H3. The average Bonchev–Trinajstić information content (AvgIpc) is 2.82. The number of nitrogens with zero attached hydrogens (tertiary/aromatic N) is 3.